The van der Waals surface area contributed by atoms with Gasteiger partial charge in [-0.3, -0.25) is 4.79 Å². The topological polar surface area (TPSA) is 65.0 Å². The van der Waals surface area contributed by atoms with Crippen molar-refractivity contribution in [3.63, 3.8) is 0 Å². The van der Waals surface area contributed by atoms with Crippen LogP contribution in [0.25, 0.3) is 6.08 Å². The molecular weight excluding hydrogens is 296 g/mol. The monoisotopic (exact) mass is 312 g/mol. The number of rotatable bonds is 3. The number of ketones is 1. The molecule has 2 aromatic carbocycles. The second-order valence-electron chi connectivity index (χ2n) is 5.21. The largest absolute Gasteiger partial charge is 0.507 e. The van der Waals surface area contributed by atoms with Crippen LogP contribution >= 0.6 is 0 Å². The number of carbonyl (C=O) groups is 1. The molecule has 1 aliphatic rings. The van der Waals surface area contributed by atoms with Gasteiger partial charge >= 0.3 is 0 Å². The van der Waals surface area contributed by atoms with Crippen LogP contribution in [0.15, 0.2) is 36.1 Å². The number of Topliss-reactive ketones (excluding diaryl/α,β-unsaturated/α-hetero) is 1. The van der Waals surface area contributed by atoms with Crippen molar-refractivity contribution in [3.05, 3.63) is 52.8 Å². The molecule has 0 atom stereocenters. The zero-order chi connectivity index (χ0) is 16.6. The van der Waals surface area contributed by atoms with Crippen LogP contribution in [-0.2, 0) is 0 Å². The Morgan fingerprint density at radius 3 is 2.52 bits per heavy atom. The van der Waals surface area contributed by atoms with Crippen LogP contribution in [0.1, 0.15) is 21.5 Å². The molecule has 0 saturated carbocycles. The van der Waals surface area contributed by atoms with E-state index in [1.165, 1.54) is 0 Å². The molecule has 0 amide bonds. The van der Waals surface area contributed by atoms with E-state index in [9.17, 15) is 9.90 Å². The van der Waals surface area contributed by atoms with Crippen molar-refractivity contribution >= 4 is 11.9 Å². The first-order valence-corrected chi connectivity index (χ1v) is 7.03. The molecule has 1 heterocycles. The van der Waals surface area contributed by atoms with Crippen LogP contribution in [0.4, 0.5) is 0 Å². The summed E-state index contributed by atoms with van der Waals surface area (Å²) in [5.74, 6) is 1.29. The molecule has 0 radical (unpaired) electrons. The molecule has 5 heteroatoms. The van der Waals surface area contributed by atoms with E-state index in [2.05, 4.69) is 0 Å². The molecule has 0 aromatic heterocycles. The molecule has 3 rings (SSSR count). The van der Waals surface area contributed by atoms with Crippen LogP contribution < -0.4 is 14.2 Å². The third-order valence-corrected chi connectivity index (χ3v) is 3.60. The summed E-state index contributed by atoms with van der Waals surface area (Å²) in [5.41, 5.74) is 1.75. The Morgan fingerprint density at radius 1 is 1.09 bits per heavy atom. The van der Waals surface area contributed by atoms with Crippen LogP contribution in [-0.4, -0.2) is 25.1 Å². The molecule has 0 unspecified atom stereocenters. The first-order valence-electron chi connectivity index (χ1n) is 7.03. The molecule has 5 nitrogen and oxygen atoms in total. The number of benzene rings is 2. The number of hydrogen-bond donors (Lipinski definition) is 1. The van der Waals surface area contributed by atoms with Gasteiger partial charge in [0, 0.05) is 0 Å². The fourth-order valence-corrected chi connectivity index (χ4v) is 2.52. The number of carbonyl (C=O) groups excluding carboxylic acids is 1. The lowest BCUT2D eigenvalue weighted by Crippen LogP contribution is -1.98. The number of hydrogen-bond acceptors (Lipinski definition) is 5. The molecular formula is C18H16O5. The van der Waals surface area contributed by atoms with E-state index >= 15 is 0 Å². The van der Waals surface area contributed by atoms with Gasteiger partial charge in [0.1, 0.15) is 17.1 Å². The lowest BCUT2D eigenvalue weighted by atomic mass is 10.1. The van der Waals surface area contributed by atoms with Crippen molar-refractivity contribution in [1.29, 1.82) is 0 Å². The average Bonchev–Trinajstić information content (AvgIpc) is 2.83. The molecule has 0 bridgehead atoms. The smallest absolute Gasteiger partial charge is 0.235 e. The number of phenols is 1. The lowest BCUT2D eigenvalue weighted by molar-refractivity contribution is 0.101. The third-order valence-electron chi connectivity index (χ3n) is 3.60. The van der Waals surface area contributed by atoms with Gasteiger partial charge in [0.25, 0.3) is 0 Å². The summed E-state index contributed by atoms with van der Waals surface area (Å²) in [6.45, 7) is 1.82. The van der Waals surface area contributed by atoms with E-state index in [-0.39, 0.29) is 22.9 Å². The number of ether oxygens (including phenoxy) is 3. The fraction of sp³-hybridized carbons (Fsp3) is 0.167. The van der Waals surface area contributed by atoms with Crippen molar-refractivity contribution < 1.29 is 24.1 Å². The van der Waals surface area contributed by atoms with E-state index in [0.717, 1.165) is 11.1 Å². The highest BCUT2D eigenvalue weighted by Crippen LogP contribution is 2.39. The first kappa shape index (κ1) is 15.0. The van der Waals surface area contributed by atoms with E-state index in [1.54, 1.807) is 50.6 Å². The van der Waals surface area contributed by atoms with E-state index in [0.29, 0.717) is 17.2 Å². The Labute approximate surface area is 133 Å². The van der Waals surface area contributed by atoms with Crippen molar-refractivity contribution in [1.82, 2.24) is 0 Å². The van der Waals surface area contributed by atoms with Gasteiger partial charge in [-0.05, 0) is 48.4 Å². The minimum Gasteiger partial charge on any atom is -0.507 e. The average molecular weight is 312 g/mol. The van der Waals surface area contributed by atoms with Crippen molar-refractivity contribution in [2.45, 2.75) is 6.92 Å². The predicted octanol–water partition coefficient (Wildman–Crippen LogP) is 3.33. The van der Waals surface area contributed by atoms with E-state index in [1.807, 2.05) is 6.92 Å². The molecule has 0 fully saturated rings. The number of aromatic hydroxyl groups is 1. The second-order valence-corrected chi connectivity index (χ2v) is 5.21. The molecule has 0 aliphatic carbocycles. The Morgan fingerprint density at radius 2 is 1.83 bits per heavy atom. The minimum atomic E-state index is -0.340. The van der Waals surface area contributed by atoms with Gasteiger partial charge in [-0.2, -0.15) is 0 Å². The van der Waals surface area contributed by atoms with Crippen LogP contribution in [0, 0.1) is 6.92 Å². The molecule has 2 aromatic rings. The molecule has 118 valence electrons. The van der Waals surface area contributed by atoms with Gasteiger partial charge in [0.15, 0.2) is 17.3 Å². The van der Waals surface area contributed by atoms with Gasteiger partial charge in [0.05, 0.1) is 14.2 Å². The number of phenolic OH excluding ortho intramolecular Hbond substituents is 1. The summed E-state index contributed by atoms with van der Waals surface area (Å²) in [5, 5.41) is 9.95. The Kier molecular flexibility index (Phi) is 3.70. The standard InChI is InChI=1S/C18H16O5/c1-10-6-12(19)17-15(7-10)23-16(18(17)20)9-11-4-5-13(21-2)14(8-11)22-3/h4-9,19H,1-3H3. The maximum Gasteiger partial charge on any atom is 0.235 e. The van der Waals surface area contributed by atoms with Crippen molar-refractivity contribution in [3.8, 4) is 23.0 Å². The van der Waals surface area contributed by atoms with Crippen molar-refractivity contribution in [2.75, 3.05) is 14.2 Å². The second kappa shape index (κ2) is 5.68. The third kappa shape index (κ3) is 2.61. The van der Waals surface area contributed by atoms with Gasteiger partial charge in [-0.1, -0.05) is 6.07 Å². The first-order chi connectivity index (χ1) is 11.0. The number of aryl methyl sites for hydroxylation is 1. The van der Waals surface area contributed by atoms with Gasteiger partial charge in [-0.15, -0.1) is 0 Å². The maximum atomic E-state index is 12.4. The molecule has 1 N–H and O–H groups in total. The predicted molar refractivity (Wildman–Crippen MR) is 85.3 cm³/mol. The highest BCUT2D eigenvalue weighted by atomic mass is 16.5. The lowest BCUT2D eigenvalue weighted by Gasteiger charge is -2.08. The minimum absolute atomic E-state index is 0.0688. The highest BCUT2D eigenvalue weighted by Gasteiger charge is 2.30. The molecule has 0 spiro atoms. The highest BCUT2D eigenvalue weighted by molar-refractivity contribution is 6.16. The summed E-state index contributed by atoms with van der Waals surface area (Å²) in [7, 11) is 3.10. The van der Waals surface area contributed by atoms with E-state index in [4.69, 9.17) is 14.2 Å². The zero-order valence-corrected chi connectivity index (χ0v) is 13.0. The Hall–Kier alpha value is -2.95. The number of fused-ring (bicyclic) bond motifs is 1. The Balaban J connectivity index is 1.99. The summed E-state index contributed by atoms with van der Waals surface area (Å²) < 4.78 is 16.0. The van der Waals surface area contributed by atoms with E-state index < -0.39 is 0 Å². The number of allylic oxidation sites excluding steroid dienone is 1. The fourth-order valence-electron chi connectivity index (χ4n) is 2.52. The van der Waals surface area contributed by atoms with Gasteiger partial charge in [0.2, 0.25) is 5.78 Å². The molecule has 23 heavy (non-hydrogen) atoms. The SMILES string of the molecule is COc1ccc(C=C2Oc3cc(C)cc(O)c3C2=O)cc1OC. The zero-order valence-electron chi connectivity index (χ0n) is 13.0. The summed E-state index contributed by atoms with van der Waals surface area (Å²) in [6, 6.07) is 8.55. The molecule has 0 saturated heterocycles. The van der Waals surface area contributed by atoms with Gasteiger partial charge in [-0.25, -0.2) is 0 Å². The van der Waals surface area contributed by atoms with Crippen LogP contribution in [0.2, 0.25) is 0 Å². The maximum absolute atomic E-state index is 12.4. The molecule has 1 aliphatic heterocycles. The number of methoxy groups -OCH3 is 2. The Bertz CT molecular complexity index is 820. The summed E-state index contributed by atoms with van der Waals surface area (Å²) in [6.07, 6.45) is 1.61. The van der Waals surface area contributed by atoms with Gasteiger partial charge < -0.3 is 19.3 Å². The van der Waals surface area contributed by atoms with Crippen molar-refractivity contribution in [2.24, 2.45) is 0 Å². The summed E-state index contributed by atoms with van der Waals surface area (Å²) in [4.78, 5) is 12.4. The quantitative estimate of drug-likeness (QED) is 0.881. The van der Waals surface area contributed by atoms with Crippen LogP contribution in [0.5, 0.6) is 23.0 Å². The van der Waals surface area contributed by atoms with Crippen LogP contribution in [0.3, 0.4) is 0 Å². The summed E-state index contributed by atoms with van der Waals surface area (Å²) >= 11 is 0. The normalized spacial score (nSPS) is 14.6.